The molecule has 0 saturated heterocycles. The van der Waals surface area contributed by atoms with E-state index in [4.69, 9.17) is 13.9 Å². The number of ketones is 1. The zero-order valence-electron chi connectivity index (χ0n) is 16.5. The van der Waals surface area contributed by atoms with Gasteiger partial charge in [-0.05, 0) is 42.5 Å². The molecule has 0 aliphatic carbocycles. The number of methoxy groups -OCH3 is 1. The van der Waals surface area contributed by atoms with Crippen LogP contribution in [0.3, 0.4) is 0 Å². The van der Waals surface area contributed by atoms with Crippen LogP contribution in [-0.2, 0) is 11.3 Å². The van der Waals surface area contributed by atoms with Crippen LogP contribution in [0.15, 0.2) is 65.3 Å². The summed E-state index contributed by atoms with van der Waals surface area (Å²) in [7, 11) is 1.44. The fraction of sp³-hybridized carbons (Fsp3) is 0.130. The van der Waals surface area contributed by atoms with Gasteiger partial charge >= 0.3 is 5.97 Å². The number of nitrogens with zero attached hydrogens (tertiary/aromatic N) is 1. The van der Waals surface area contributed by atoms with Crippen LogP contribution in [0.1, 0.15) is 47.2 Å². The Morgan fingerprint density at radius 2 is 1.74 bits per heavy atom. The minimum Gasteiger partial charge on any atom is -0.496 e. The Bertz CT molecular complexity index is 1180. The zero-order chi connectivity index (χ0) is 22.0. The summed E-state index contributed by atoms with van der Waals surface area (Å²) in [6.45, 7) is -0.500. The maximum Gasteiger partial charge on any atom is 0.338 e. The number of furan rings is 1. The lowest BCUT2D eigenvalue weighted by Gasteiger charge is -2.11. The summed E-state index contributed by atoms with van der Waals surface area (Å²) < 4.78 is 15.4. The summed E-state index contributed by atoms with van der Waals surface area (Å²) >= 11 is 0. The number of hydrogen-bond donors (Lipinski definition) is 0. The molecule has 2 amide bonds. The third-order valence-corrected chi connectivity index (χ3v) is 4.84. The maximum atomic E-state index is 12.7. The van der Waals surface area contributed by atoms with Gasteiger partial charge in [-0.3, -0.25) is 19.3 Å². The first-order valence-electron chi connectivity index (χ1n) is 9.35. The molecule has 0 atom stereocenters. The second-order valence-electron chi connectivity index (χ2n) is 6.74. The quantitative estimate of drug-likeness (QED) is 0.329. The number of benzene rings is 2. The predicted molar refractivity (Wildman–Crippen MR) is 107 cm³/mol. The van der Waals surface area contributed by atoms with Crippen LogP contribution < -0.4 is 4.74 Å². The Morgan fingerprint density at radius 3 is 2.48 bits per heavy atom. The number of esters is 1. The van der Waals surface area contributed by atoms with Crippen LogP contribution in [0.2, 0.25) is 0 Å². The highest BCUT2D eigenvalue weighted by atomic mass is 16.5. The van der Waals surface area contributed by atoms with E-state index in [0.717, 1.165) is 4.90 Å². The van der Waals surface area contributed by atoms with Crippen molar-refractivity contribution in [2.45, 2.75) is 6.54 Å². The van der Waals surface area contributed by atoms with Gasteiger partial charge in [0.2, 0.25) is 5.78 Å². The molecular formula is C23H17NO7. The monoisotopic (exact) mass is 419 g/mol. The van der Waals surface area contributed by atoms with Crippen LogP contribution in [-0.4, -0.2) is 42.2 Å². The van der Waals surface area contributed by atoms with Gasteiger partial charge in [0, 0.05) is 0 Å². The van der Waals surface area contributed by atoms with Crippen molar-refractivity contribution in [3.05, 3.63) is 88.9 Å². The first-order valence-corrected chi connectivity index (χ1v) is 9.35. The standard InChI is InChI=1S/C23H17NO7/c1-29-20-7-3-2-6-17(20)19(25)13-31-23(28)14-8-9-16-18(11-14)22(27)24(21(16)26)12-15-5-4-10-30-15/h2-11H,12-13H2,1H3. The van der Waals surface area contributed by atoms with Gasteiger partial charge in [-0.25, -0.2) is 4.79 Å². The average Bonchev–Trinajstić information content (AvgIpc) is 3.40. The van der Waals surface area contributed by atoms with Gasteiger partial charge in [0.15, 0.2) is 6.61 Å². The van der Waals surface area contributed by atoms with E-state index in [-0.39, 0.29) is 23.2 Å². The van der Waals surface area contributed by atoms with Crippen molar-refractivity contribution in [1.82, 2.24) is 4.90 Å². The van der Waals surface area contributed by atoms with Crippen LogP contribution in [0, 0.1) is 0 Å². The molecule has 31 heavy (non-hydrogen) atoms. The number of ether oxygens (including phenoxy) is 2. The van der Waals surface area contributed by atoms with Crippen molar-refractivity contribution in [2.24, 2.45) is 0 Å². The third-order valence-electron chi connectivity index (χ3n) is 4.84. The van der Waals surface area contributed by atoms with Crippen molar-refractivity contribution in [2.75, 3.05) is 13.7 Å². The molecule has 0 bridgehead atoms. The largest absolute Gasteiger partial charge is 0.496 e. The third kappa shape index (κ3) is 3.83. The summed E-state index contributed by atoms with van der Waals surface area (Å²) in [5.74, 6) is -1.37. The molecule has 0 spiro atoms. The van der Waals surface area contributed by atoms with Gasteiger partial charge in [0.25, 0.3) is 11.8 Å². The van der Waals surface area contributed by atoms with Crippen LogP contribution >= 0.6 is 0 Å². The molecule has 2 aromatic carbocycles. The van der Waals surface area contributed by atoms with Gasteiger partial charge in [0.1, 0.15) is 11.5 Å². The van der Waals surface area contributed by atoms with Gasteiger partial charge in [-0.1, -0.05) is 12.1 Å². The summed E-state index contributed by atoms with van der Waals surface area (Å²) in [6.07, 6.45) is 1.45. The Hall–Kier alpha value is -4.20. The SMILES string of the molecule is COc1ccccc1C(=O)COC(=O)c1ccc2c(c1)C(=O)N(Cc1ccco1)C2=O. The normalized spacial score (nSPS) is 12.6. The first-order chi connectivity index (χ1) is 15.0. The summed E-state index contributed by atoms with van der Waals surface area (Å²) in [6, 6.07) is 14.0. The Morgan fingerprint density at radius 1 is 0.968 bits per heavy atom. The lowest BCUT2D eigenvalue weighted by atomic mass is 10.1. The highest BCUT2D eigenvalue weighted by molar-refractivity contribution is 6.21. The van der Waals surface area contributed by atoms with E-state index in [2.05, 4.69) is 0 Å². The molecule has 0 unspecified atom stereocenters. The molecular weight excluding hydrogens is 402 g/mol. The Kier molecular flexibility index (Phi) is 5.36. The van der Waals surface area contributed by atoms with Gasteiger partial charge in [-0.2, -0.15) is 0 Å². The van der Waals surface area contributed by atoms with Crippen LogP contribution in [0.25, 0.3) is 0 Å². The second-order valence-corrected chi connectivity index (χ2v) is 6.74. The molecule has 2 heterocycles. The Balaban J connectivity index is 1.46. The van der Waals surface area contributed by atoms with Crippen LogP contribution in [0.4, 0.5) is 0 Å². The van der Waals surface area contributed by atoms with E-state index < -0.39 is 30.2 Å². The van der Waals surface area contributed by atoms with Gasteiger partial charge < -0.3 is 13.9 Å². The van der Waals surface area contributed by atoms with Crippen molar-refractivity contribution in [3.63, 3.8) is 0 Å². The molecule has 156 valence electrons. The van der Waals surface area contributed by atoms with E-state index in [1.54, 1.807) is 36.4 Å². The lowest BCUT2D eigenvalue weighted by Crippen LogP contribution is -2.28. The van der Waals surface area contributed by atoms with Gasteiger partial charge in [0.05, 0.1) is 42.2 Å². The maximum absolute atomic E-state index is 12.7. The summed E-state index contributed by atoms with van der Waals surface area (Å²) in [5.41, 5.74) is 0.647. The zero-order valence-corrected chi connectivity index (χ0v) is 16.5. The molecule has 0 N–H and O–H groups in total. The number of Topliss-reactive ketones (excluding diaryl/α,β-unsaturated/α-hetero) is 1. The van der Waals surface area contributed by atoms with Crippen molar-refractivity contribution >= 4 is 23.6 Å². The molecule has 0 radical (unpaired) electrons. The molecule has 8 nitrogen and oxygen atoms in total. The first kappa shape index (κ1) is 20.1. The fourth-order valence-electron chi connectivity index (χ4n) is 3.29. The summed E-state index contributed by atoms with van der Waals surface area (Å²) in [5, 5.41) is 0. The number of imide groups is 1. The van der Waals surface area contributed by atoms with E-state index in [1.807, 2.05) is 0 Å². The van der Waals surface area contributed by atoms with Crippen LogP contribution in [0.5, 0.6) is 5.75 Å². The van der Waals surface area contributed by atoms with Gasteiger partial charge in [-0.15, -0.1) is 0 Å². The lowest BCUT2D eigenvalue weighted by molar-refractivity contribution is 0.0474. The average molecular weight is 419 g/mol. The van der Waals surface area contributed by atoms with Crippen molar-refractivity contribution in [3.8, 4) is 5.75 Å². The van der Waals surface area contributed by atoms with E-state index in [1.165, 1.54) is 31.6 Å². The molecule has 8 heteroatoms. The van der Waals surface area contributed by atoms with Crippen molar-refractivity contribution < 1.29 is 33.1 Å². The minimum absolute atomic E-state index is 0.00740. The number of hydrogen-bond acceptors (Lipinski definition) is 7. The molecule has 1 aromatic heterocycles. The number of carbonyl (C=O) groups excluding carboxylic acids is 4. The molecule has 1 aliphatic heterocycles. The molecule has 0 saturated carbocycles. The number of para-hydroxylation sites is 1. The smallest absolute Gasteiger partial charge is 0.338 e. The highest BCUT2D eigenvalue weighted by Gasteiger charge is 2.36. The fourth-order valence-corrected chi connectivity index (χ4v) is 3.29. The summed E-state index contributed by atoms with van der Waals surface area (Å²) in [4.78, 5) is 51.1. The Labute approximate surface area is 177 Å². The molecule has 4 rings (SSSR count). The predicted octanol–water partition coefficient (Wildman–Crippen LogP) is 3.12. The number of fused-ring (bicyclic) bond motifs is 1. The number of amides is 2. The van der Waals surface area contributed by atoms with Crippen molar-refractivity contribution in [1.29, 1.82) is 0 Å². The van der Waals surface area contributed by atoms with E-state index in [0.29, 0.717) is 17.1 Å². The topological polar surface area (TPSA) is 103 Å². The number of carbonyl (C=O) groups is 4. The van der Waals surface area contributed by atoms with E-state index in [9.17, 15) is 19.2 Å². The second kappa shape index (κ2) is 8.27. The van der Waals surface area contributed by atoms with E-state index >= 15 is 0 Å². The highest BCUT2D eigenvalue weighted by Crippen LogP contribution is 2.26. The molecule has 1 aliphatic rings. The molecule has 3 aromatic rings. The minimum atomic E-state index is -0.782. The number of rotatable bonds is 7. The molecule has 0 fully saturated rings.